The number of amides is 1. The van der Waals surface area contributed by atoms with Crippen molar-refractivity contribution in [1.82, 2.24) is 25.3 Å². The minimum atomic E-state index is -0.00514. The van der Waals surface area contributed by atoms with Crippen LogP contribution in [0.25, 0.3) is 11.2 Å². The molecule has 0 saturated heterocycles. The highest BCUT2D eigenvalue weighted by molar-refractivity contribution is 8.00. The highest BCUT2D eigenvalue weighted by atomic mass is 35.5. The van der Waals surface area contributed by atoms with Crippen molar-refractivity contribution in [1.29, 1.82) is 0 Å². The number of aromatic amines is 1. The van der Waals surface area contributed by atoms with E-state index in [0.29, 0.717) is 22.1 Å². The first-order chi connectivity index (χ1) is 11.0. The van der Waals surface area contributed by atoms with E-state index >= 15 is 0 Å². The van der Waals surface area contributed by atoms with Gasteiger partial charge in [0.15, 0.2) is 5.65 Å². The molecule has 1 atom stereocenters. The minimum absolute atomic E-state index is 0.00514. The summed E-state index contributed by atoms with van der Waals surface area (Å²) in [7, 11) is 0. The second-order valence-electron chi connectivity index (χ2n) is 5.98. The molecule has 1 unspecified atom stereocenters. The summed E-state index contributed by atoms with van der Waals surface area (Å²) in [5, 5.41) is 3.79. The SMILES string of the molecule is CC(C)CCCC(C)NC(=O)CSc1nc(Cl)nc2nc[nH]c12. The molecule has 2 heterocycles. The summed E-state index contributed by atoms with van der Waals surface area (Å²) in [4.78, 5) is 27.3. The van der Waals surface area contributed by atoms with E-state index in [0.717, 1.165) is 12.8 Å². The van der Waals surface area contributed by atoms with Crippen molar-refractivity contribution in [3.05, 3.63) is 11.6 Å². The van der Waals surface area contributed by atoms with Gasteiger partial charge in [-0.2, -0.15) is 4.98 Å². The minimum Gasteiger partial charge on any atom is -0.353 e. The third-order valence-corrected chi connectivity index (χ3v) is 4.54. The Morgan fingerprint density at radius 2 is 2.13 bits per heavy atom. The van der Waals surface area contributed by atoms with Crippen molar-refractivity contribution < 1.29 is 4.79 Å². The second-order valence-corrected chi connectivity index (χ2v) is 7.28. The topological polar surface area (TPSA) is 83.6 Å². The van der Waals surface area contributed by atoms with E-state index in [1.54, 1.807) is 0 Å². The Morgan fingerprint density at radius 3 is 2.87 bits per heavy atom. The van der Waals surface area contributed by atoms with Crippen molar-refractivity contribution in [3.63, 3.8) is 0 Å². The number of aromatic nitrogens is 4. The molecule has 6 nitrogen and oxygen atoms in total. The zero-order valence-electron chi connectivity index (χ0n) is 13.6. The maximum absolute atomic E-state index is 12.0. The van der Waals surface area contributed by atoms with Gasteiger partial charge < -0.3 is 10.3 Å². The number of nitrogens with one attached hydrogen (secondary N) is 2. The summed E-state index contributed by atoms with van der Waals surface area (Å²) >= 11 is 7.20. The van der Waals surface area contributed by atoms with Gasteiger partial charge in [0.05, 0.1) is 12.1 Å². The Hall–Kier alpha value is -1.34. The molecule has 0 aromatic carbocycles. The average molecular weight is 356 g/mol. The molecule has 2 aromatic heterocycles. The van der Waals surface area contributed by atoms with Crippen molar-refractivity contribution in [3.8, 4) is 0 Å². The van der Waals surface area contributed by atoms with Crippen LogP contribution in [0.4, 0.5) is 0 Å². The monoisotopic (exact) mass is 355 g/mol. The van der Waals surface area contributed by atoms with Gasteiger partial charge in [-0.15, -0.1) is 0 Å². The van der Waals surface area contributed by atoms with Crippen LogP contribution in [0.1, 0.15) is 40.0 Å². The van der Waals surface area contributed by atoms with Crippen LogP contribution < -0.4 is 5.32 Å². The normalized spacial score (nSPS) is 12.7. The van der Waals surface area contributed by atoms with Crippen LogP contribution in [0, 0.1) is 5.92 Å². The fourth-order valence-corrected chi connectivity index (χ4v) is 3.25. The average Bonchev–Trinajstić information content (AvgIpc) is 2.92. The maximum Gasteiger partial charge on any atom is 0.230 e. The molecule has 0 aliphatic heterocycles. The Kier molecular flexibility index (Phi) is 6.65. The van der Waals surface area contributed by atoms with Gasteiger partial charge in [-0.1, -0.05) is 38.5 Å². The van der Waals surface area contributed by atoms with Crippen molar-refractivity contribution >= 4 is 40.4 Å². The summed E-state index contributed by atoms with van der Waals surface area (Å²) in [5.41, 5.74) is 1.21. The van der Waals surface area contributed by atoms with E-state index in [2.05, 4.69) is 39.1 Å². The number of thioether (sulfide) groups is 1. The zero-order valence-corrected chi connectivity index (χ0v) is 15.2. The van der Waals surface area contributed by atoms with E-state index in [1.807, 2.05) is 6.92 Å². The van der Waals surface area contributed by atoms with E-state index in [-0.39, 0.29) is 23.0 Å². The summed E-state index contributed by atoms with van der Waals surface area (Å²) in [6.45, 7) is 6.46. The number of hydrogen-bond donors (Lipinski definition) is 2. The molecule has 0 aliphatic carbocycles. The number of fused-ring (bicyclic) bond motifs is 1. The van der Waals surface area contributed by atoms with Crippen LogP contribution >= 0.6 is 23.4 Å². The quantitative estimate of drug-likeness (QED) is 0.430. The molecule has 0 bridgehead atoms. The number of nitrogens with zero attached hydrogens (tertiary/aromatic N) is 3. The van der Waals surface area contributed by atoms with E-state index in [4.69, 9.17) is 11.6 Å². The van der Waals surface area contributed by atoms with E-state index in [1.165, 1.54) is 24.5 Å². The molecular weight excluding hydrogens is 334 g/mol. The van der Waals surface area contributed by atoms with Crippen LogP contribution in [-0.2, 0) is 4.79 Å². The van der Waals surface area contributed by atoms with Crippen LogP contribution in [-0.4, -0.2) is 37.6 Å². The summed E-state index contributed by atoms with van der Waals surface area (Å²) in [6.07, 6.45) is 4.85. The van der Waals surface area contributed by atoms with E-state index < -0.39 is 0 Å². The Balaban J connectivity index is 1.82. The van der Waals surface area contributed by atoms with Gasteiger partial charge in [0.25, 0.3) is 0 Å². The lowest BCUT2D eigenvalue weighted by atomic mass is 10.0. The molecule has 1 amide bonds. The smallest absolute Gasteiger partial charge is 0.230 e. The molecule has 2 rings (SSSR count). The van der Waals surface area contributed by atoms with Crippen LogP contribution in [0.15, 0.2) is 11.4 Å². The molecule has 2 aromatic rings. The molecule has 0 saturated carbocycles. The van der Waals surface area contributed by atoms with Gasteiger partial charge in [-0.05, 0) is 30.9 Å². The molecule has 8 heteroatoms. The number of carbonyl (C=O) groups excluding carboxylic acids is 1. The van der Waals surface area contributed by atoms with Gasteiger partial charge in [0.2, 0.25) is 11.2 Å². The fourth-order valence-electron chi connectivity index (χ4n) is 2.24. The number of imidazole rings is 1. The molecule has 23 heavy (non-hydrogen) atoms. The molecular formula is C15H22ClN5OS. The van der Waals surface area contributed by atoms with Crippen molar-refractivity contribution in [2.45, 2.75) is 51.1 Å². The highest BCUT2D eigenvalue weighted by Gasteiger charge is 2.13. The number of halogens is 1. The standard InChI is InChI=1S/C15H22ClN5OS/c1-9(2)5-4-6-10(3)19-11(22)7-23-14-12-13(18-8-17-12)20-15(16)21-14/h8-10H,4-7H2,1-3H3,(H,19,22)(H,17,18,20,21). The predicted octanol–water partition coefficient (Wildman–Crippen LogP) is 3.43. The van der Waals surface area contributed by atoms with Crippen LogP contribution in [0.5, 0.6) is 0 Å². The molecule has 0 aliphatic rings. The third kappa shape index (κ3) is 5.66. The van der Waals surface area contributed by atoms with Crippen molar-refractivity contribution in [2.75, 3.05) is 5.75 Å². The first-order valence-electron chi connectivity index (χ1n) is 7.74. The number of hydrogen-bond acceptors (Lipinski definition) is 5. The lowest BCUT2D eigenvalue weighted by molar-refractivity contribution is -0.119. The largest absolute Gasteiger partial charge is 0.353 e. The zero-order chi connectivity index (χ0) is 16.8. The molecule has 0 radical (unpaired) electrons. The first-order valence-corrected chi connectivity index (χ1v) is 9.11. The molecule has 2 N–H and O–H groups in total. The Labute approximate surface area is 145 Å². The lowest BCUT2D eigenvalue weighted by Gasteiger charge is -2.14. The van der Waals surface area contributed by atoms with Crippen LogP contribution in [0.2, 0.25) is 5.28 Å². The number of H-pyrrole nitrogens is 1. The van der Waals surface area contributed by atoms with Gasteiger partial charge in [-0.25, -0.2) is 9.97 Å². The predicted molar refractivity (Wildman–Crippen MR) is 93.7 cm³/mol. The summed E-state index contributed by atoms with van der Waals surface area (Å²) in [6, 6.07) is 0.183. The summed E-state index contributed by atoms with van der Waals surface area (Å²) in [5.74, 6) is 0.984. The van der Waals surface area contributed by atoms with Crippen LogP contribution in [0.3, 0.4) is 0 Å². The van der Waals surface area contributed by atoms with Crippen molar-refractivity contribution in [2.24, 2.45) is 5.92 Å². The van der Waals surface area contributed by atoms with Gasteiger partial charge >= 0.3 is 0 Å². The number of carbonyl (C=O) groups is 1. The molecule has 0 fully saturated rings. The Morgan fingerprint density at radius 1 is 1.35 bits per heavy atom. The maximum atomic E-state index is 12.0. The second kappa shape index (κ2) is 8.49. The number of rotatable bonds is 8. The van der Waals surface area contributed by atoms with E-state index in [9.17, 15) is 4.79 Å². The summed E-state index contributed by atoms with van der Waals surface area (Å²) < 4.78 is 0. The first kappa shape index (κ1) is 18.0. The van der Waals surface area contributed by atoms with Gasteiger partial charge in [0, 0.05) is 6.04 Å². The molecule has 0 spiro atoms. The lowest BCUT2D eigenvalue weighted by Crippen LogP contribution is -2.33. The fraction of sp³-hybridized carbons (Fsp3) is 0.600. The Bertz CT molecular complexity index is 660. The van der Waals surface area contributed by atoms with Gasteiger partial charge in [-0.3, -0.25) is 4.79 Å². The third-order valence-electron chi connectivity index (χ3n) is 3.39. The van der Waals surface area contributed by atoms with Gasteiger partial charge in [0.1, 0.15) is 10.5 Å². The highest BCUT2D eigenvalue weighted by Crippen LogP contribution is 2.24. The molecule has 126 valence electrons.